The number of unbranched alkanes of at least 4 members (excludes halogenated alkanes) is 1. The fourth-order valence-corrected chi connectivity index (χ4v) is 0.630. The fraction of sp³-hybridized carbons (Fsp3) is 0.333. The Labute approximate surface area is 66.7 Å². The van der Waals surface area contributed by atoms with E-state index in [1.807, 2.05) is 0 Å². The topological polar surface area (TPSA) is 25.8 Å². The summed E-state index contributed by atoms with van der Waals surface area (Å²) in [4.78, 5) is 7.93. The smallest absolute Gasteiger partial charge is 0.204 e. The number of hydrogen-bond acceptors (Lipinski definition) is 2. The van der Waals surface area contributed by atoms with Gasteiger partial charge in [-0.25, -0.2) is 9.97 Å². The molecule has 0 saturated heterocycles. The molecule has 0 atom stereocenters. The van der Waals surface area contributed by atoms with Gasteiger partial charge < -0.3 is 0 Å². The van der Waals surface area contributed by atoms with Crippen LogP contribution < -0.4 is 0 Å². The van der Waals surface area contributed by atoms with Crippen molar-refractivity contribution in [1.29, 1.82) is 0 Å². The summed E-state index contributed by atoms with van der Waals surface area (Å²) in [6.45, 7) is 2.10. The van der Waals surface area contributed by atoms with Gasteiger partial charge >= 0.3 is 0 Å². The highest BCUT2D eigenvalue weighted by molar-refractivity contribution is 5.19. The van der Waals surface area contributed by atoms with Gasteiger partial charge in [0.25, 0.3) is 0 Å². The number of hydrogen-bond donors (Lipinski definition) is 0. The van der Waals surface area contributed by atoms with E-state index in [1.165, 1.54) is 0 Å². The standard InChI is InChI=1S/C9H10N2/c1-2-3-4-6-9-10-7-5-8-11-9/h5,7-8H,2-3H2,1H3. The molecule has 0 aliphatic carbocycles. The summed E-state index contributed by atoms with van der Waals surface area (Å²) in [5.41, 5.74) is 0. The first-order valence-electron chi connectivity index (χ1n) is 3.69. The zero-order chi connectivity index (χ0) is 7.94. The molecule has 0 spiro atoms. The molecule has 56 valence electrons. The van der Waals surface area contributed by atoms with E-state index in [4.69, 9.17) is 0 Å². The van der Waals surface area contributed by atoms with Gasteiger partial charge in [0.05, 0.1) is 0 Å². The molecule has 2 nitrogen and oxygen atoms in total. The molecule has 11 heavy (non-hydrogen) atoms. The van der Waals surface area contributed by atoms with Crippen LogP contribution in [0.2, 0.25) is 0 Å². The highest BCUT2D eigenvalue weighted by atomic mass is 14.8. The number of rotatable bonds is 1. The van der Waals surface area contributed by atoms with Crippen molar-refractivity contribution in [1.82, 2.24) is 9.97 Å². The van der Waals surface area contributed by atoms with E-state index in [0.717, 1.165) is 12.8 Å². The molecule has 0 radical (unpaired) electrons. The normalized spacial score (nSPS) is 8.45. The van der Waals surface area contributed by atoms with Gasteiger partial charge in [-0.3, -0.25) is 0 Å². The minimum atomic E-state index is 0.612. The Morgan fingerprint density at radius 2 is 2.09 bits per heavy atom. The van der Waals surface area contributed by atoms with Gasteiger partial charge in [0.2, 0.25) is 5.82 Å². The summed E-state index contributed by atoms with van der Waals surface area (Å²) in [6, 6.07) is 1.78. The first kappa shape index (κ1) is 7.74. The lowest BCUT2D eigenvalue weighted by molar-refractivity contribution is 0.981. The zero-order valence-corrected chi connectivity index (χ0v) is 6.54. The first-order chi connectivity index (χ1) is 5.43. The average Bonchev–Trinajstić information content (AvgIpc) is 2.07. The molecular weight excluding hydrogens is 136 g/mol. The fourth-order valence-electron chi connectivity index (χ4n) is 0.630. The van der Waals surface area contributed by atoms with Gasteiger partial charge in [-0.05, 0) is 18.4 Å². The van der Waals surface area contributed by atoms with Crippen LogP contribution in [0.4, 0.5) is 0 Å². The van der Waals surface area contributed by atoms with Crippen molar-refractivity contribution in [3.63, 3.8) is 0 Å². The van der Waals surface area contributed by atoms with Crippen LogP contribution in [-0.2, 0) is 0 Å². The number of nitrogens with zero attached hydrogens (tertiary/aromatic N) is 2. The third-order valence-corrected chi connectivity index (χ3v) is 1.14. The molecule has 0 aliphatic heterocycles. The third kappa shape index (κ3) is 2.81. The second kappa shape index (κ2) is 4.45. The molecule has 0 aliphatic rings. The van der Waals surface area contributed by atoms with Crippen molar-refractivity contribution in [3.8, 4) is 11.8 Å². The highest BCUT2D eigenvalue weighted by Gasteiger charge is 1.82. The summed E-state index contributed by atoms with van der Waals surface area (Å²) in [6.07, 6.45) is 5.39. The Kier molecular flexibility index (Phi) is 3.14. The Hall–Kier alpha value is -1.36. The monoisotopic (exact) mass is 146 g/mol. The van der Waals surface area contributed by atoms with Crippen LogP contribution in [0.3, 0.4) is 0 Å². The van der Waals surface area contributed by atoms with Crippen molar-refractivity contribution in [2.75, 3.05) is 0 Å². The molecule has 0 unspecified atom stereocenters. The van der Waals surface area contributed by atoms with Crippen molar-refractivity contribution in [3.05, 3.63) is 24.3 Å². The molecular formula is C9H10N2. The molecule has 0 bridgehead atoms. The molecule has 1 aromatic rings. The highest BCUT2D eigenvalue weighted by Crippen LogP contribution is 1.85. The molecule has 0 N–H and O–H groups in total. The molecule has 2 heteroatoms. The zero-order valence-electron chi connectivity index (χ0n) is 6.54. The summed E-state index contributed by atoms with van der Waals surface area (Å²) in [5.74, 6) is 6.46. The van der Waals surface area contributed by atoms with Gasteiger partial charge in [0.1, 0.15) is 0 Å². The lowest BCUT2D eigenvalue weighted by Gasteiger charge is -1.83. The van der Waals surface area contributed by atoms with E-state index in [2.05, 4.69) is 28.7 Å². The number of aromatic nitrogens is 2. The van der Waals surface area contributed by atoms with Crippen LogP contribution in [0.15, 0.2) is 18.5 Å². The molecule has 1 heterocycles. The maximum absolute atomic E-state index is 3.97. The third-order valence-electron chi connectivity index (χ3n) is 1.14. The lowest BCUT2D eigenvalue weighted by Crippen LogP contribution is -1.84. The maximum atomic E-state index is 3.97. The van der Waals surface area contributed by atoms with Gasteiger partial charge in [-0.2, -0.15) is 0 Å². The Morgan fingerprint density at radius 3 is 2.73 bits per heavy atom. The van der Waals surface area contributed by atoms with Crippen LogP contribution in [0.5, 0.6) is 0 Å². The van der Waals surface area contributed by atoms with Crippen molar-refractivity contribution < 1.29 is 0 Å². The average molecular weight is 146 g/mol. The molecule has 1 rings (SSSR count). The second-order valence-electron chi connectivity index (χ2n) is 2.12. The quantitative estimate of drug-likeness (QED) is 0.563. The summed E-state index contributed by atoms with van der Waals surface area (Å²) < 4.78 is 0. The van der Waals surface area contributed by atoms with Crippen LogP contribution in [0, 0.1) is 11.8 Å². The largest absolute Gasteiger partial charge is 0.229 e. The lowest BCUT2D eigenvalue weighted by atomic mass is 10.3. The Bertz CT molecular complexity index is 256. The molecule has 0 saturated carbocycles. The first-order valence-corrected chi connectivity index (χ1v) is 3.69. The van der Waals surface area contributed by atoms with E-state index < -0.39 is 0 Å². The van der Waals surface area contributed by atoms with Crippen LogP contribution in [-0.4, -0.2) is 9.97 Å². The summed E-state index contributed by atoms with van der Waals surface area (Å²) in [7, 11) is 0. The predicted octanol–water partition coefficient (Wildman–Crippen LogP) is 1.63. The van der Waals surface area contributed by atoms with Gasteiger partial charge in [0, 0.05) is 18.8 Å². The van der Waals surface area contributed by atoms with E-state index in [9.17, 15) is 0 Å². The minimum Gasteiger partial charge on any atom is -0.229 e. The van der Waals surface area contributed by atoms with E-state index in [1.54, 1.807) is 18.5 Å². The molecule has 0 aromatic carbocycles. The Morgan fingerprint density at radius 1 is 1.36 bits per heavy atom. The van der Waals surface area contributed by atoms with Crippen LogP contribution in [0.25, 0.3) is 0 Å². The van der Waals surface area contributed by atoms with Gasteiger partial charge in [0.15, 0.2) is 0 Å². The SMILES string of the molecule is CCCC#Cc1ncccn1. The van der Waals surface area contributed by atoms with Crippen molar-refractivity contribution in [2.45, 2.75) is 19.8 Å². The minimum absolute atomic E-state index is 0.612. The summed E-state index contributed by atoms with van der Waals surface area (Å²) >= 11 is 0. The van der Waals surface area contributed by atoms with Gasteiger partial charge in [-0.1, -0.05) is 12.8 Å². The summed E-state index contributed by atoms with van der Waals surface area (Å²) in [5, 5.41) is 0. The molecule has 0 fully saturated rings. The van der Waals surface area contributed by atoms with E-state index in [0.29, 0.717) is 5.82 Å². The van der Waals surface area contributed by atoms with Crippen molar-refractivity contribution in [2.24, 2.45) is 0 Å². The second-order valence-corrected chi connectivity index (χ2v) is 2.12. The molecule has 1 aromatic heterocycles. The van der Waals surface area contributed by atoms with Gasteiger partial charge in [-0.15, -0.1) is 0 Å². The Balaban J connectivity index is 2.59. The molecule has 0 amide bonds. The van der Waals surface area contributed by atoms with Crippen LogP contribution in [0.1, 0.15) is 25.6 Å². The van der Waals surface area contributed by atoms with E-state index in [-0.39, 0.29) is 0 Å². The predicted molar refractivity (Wildman–Crippen MR) is 43.8 cm³/mol. The maximum Gasteiger partial charge on any atom is 0.204 e. The van der Waals surface area contributed by atoms with Crippen LogP contribution >= 0.6 is 0 Å². The van der Waals surface area contributed by atoms with E-state index >= 15 is 0 Å². The van der Waals surface area contributed by atoms with Crippen molar-refractivity contribution >= 4 is 0 Å².